The smallest absolute Gasteiger partial charge is 0.128 e. The van der Waals surface area contributed by atoms with E-state index in [1.54, 1.807) is 13.3 Å². The van der Waals surface area contributed by atoms with Crippen LogP contribution in [0.3, 0.4) is 0 Å². The highest BCUT2D eigenvalue weighted by atomic mass is 32.2. The van der Waals surface area contributed by atoms with E-state index in [0.29, 0.717) is 10.6 Å². The Morgan fingerprint density at radius 3 is 2.67 bits per heavy atom. The molecule has 0 aliphatic carbocycles. The van der Waals surface area contributed by atoms with E-state index in [-0.39, 0.29) is 11.4 Å². The summed E-state index contributed by atoms with van der Waals surface area (Å²) in [5.41, 5.74) is 8.25. The summed E-state index contributed by atoms with van der Waals surface area (Å²) in [4.78, 5) is 4.65. The van der Waals surface area contributed by atoms with Gasteiger partial charge in [0.2, 0.25) is 0 Å². The van der Waals surface area contributed by atoms with Gasteiger partial charge in [-0.2, -0.15) is 0 Å². The van der Waals surface area contributed by atoms with Crippen molar-refractivity contribution in [2.24, 2.45) is 0 Å². The van der Waals surface area contributed by atoms with Gasteiger partial charge in [-0.1, -0.05) is 0 Å². The van der Waals surface area contributed by atoms with Crippen molar-refractivity contribution in [3.63, 3.8) is 0 Å². The normalized spacial score (nSPS) is 12.2. The molecule has 112 valence electrons. The molecule has 0 fully saturated rings. The molecule has 21 heavy (non-hydrogen) atoms. The highest BCUT2D eigenvalue weighted by Crippen LogP contribution is 2.26. The molecule has 0 amide bonds. The fraction of sp³-hybridized carbons (Fsp3) is 0.267. The monoisotopic (exact) mass is 308 g/mol. The molecule has 1 unspecified atom stereocenters. The quantitative estimate of drug-likeness (QED) is 0.882. The van der Waals surface area contributed by atoms with Crippen LogP contribution in [0, 0.1) is 19.7 Å². The highest BCUT2D eigenvalue weighted by Gasteiger charge is 2.14. The summed E-state index contributed by atoms with van der Waals surface area (Å²) >= 11 is 0. The zero-order chi connectivity index (χ0) is 15.6. The number of hydrogen-bond donors (Lipinski definition) is 1. The van der Waals surface area contributed by atoms with Crippen LogP contribution in [0.15, 0.2) is 29.3 Å². The number of nitrogens with two attached hydrogens (primary N) is 1. The Balaban J connectivity index is 2.32. The third-order valence-electron chi connectivity index (χ3n) is 3.17. The Hall–Kier alpha value is -1.95. The maximum Gasteiger partial charge on any atom is 0.128 e. The first kappa shape index (κ1) is 15.4. The number of methoxy groups -OCH3 is 1. The minimum atomic E-state index is -1.42. The first-order valence-electron chi connectivity index (χ1n) is 6.36. The van der Waals surface area contributed by atoms with Crippen molar-refractivity contribution in [3.05, 3.63) is 47.0 Å². The van der Waals surface area contributed by atoms with E-state index in [2.05, 4.69) is 4.98 Å². The summed E-state index contributed by atoms with van der Waals surface area (Å²) in [6.07, 6.45) is 1.68. The summed E-state index contributed by atoms with van der Waals surface area (Å²) in [7, 11) is 0.167. The largest absolute Gasteiger partial charge is 0.496 e. The first-order chi connectivity index (χ1) is 9.92. The Morgan fingerprint density at radius 1 is 1.33 bits per heavy atom. The second kappa shape index (κ2) is 6.22. The lowest BCUT2D eigenvalue weighted by molar-refractivity contribution is 0.407. The maximum atomic E-state index is 13.3. The topological polar surface area (TPSA) is 65.2 Å². The van der Waals surface area contributed by atoms with Crippen LogP contribution in [0.1, 0.15) is 16.8 Å². The molecule has 6 heteroatoms. The van der Waals surface area contributed by atoms with Crippen LogP contribution in [0.2, 0.25) is 0 Å². The summed E-state index contributed by atoms with van der Waals surface area (Å²) in [5, 5.41) is 0. The van der Waals surface area contributed by atoms with Gasteiger partial charge < -0.3 is 10.5 Å². The van der Waals surface area contributed by atoms with E-state index in [1.807, 2.05) is 13.8 Å². The van der Waals surface area contributed by atoms with Crippen molar-refractivity contribution < 1.29 is 13.3 Å². The molecule has 1 atom stereocenters. The maximum absolute atomic E-state index is 13.3. The zero-order valence-corrected chi connectivity index (χ0v) is 13.0. The molecule has 0 saturated heterocycles. The van der Waals surface area contributed by atoms with Gasteiger partial charge in [0.1, 0.15) is 11.6 Å². The van der Waals surface area contributed by atoms with E-state index in [0.717, 1.165) is 16.9 Å². The third kappa shape index (κ3) is 3.39. The number of pyridine rings is 1. The van der Waals surface area contributed by atoms with Crippen molar-refractivity contribution >= 4 is 16.5 Å². The number of hydrogen-bond acceptors (Lipinski definition) is 4. The highest BCUT2D eigenvalue weighted by molar-refractivity contribution is 7.84. The third-order valence-corrected chi connectivity index (χ3v) is 4.47. The number of halogens is 1. The summed E-state index contributed by atoms with van der Waals surface area (Å²) in [6.45, 7) is 3.76. The Kier molecular flexibility index (Phi) is 4.57. The van der Waals surface area contributed by atoms with Gasteiger partial charge in [-0.15, -0.1) is 0 Å². The average Bonchev–Trinajstić information content (AvgIpc) is 2.41. The first-order valence-corrected chi connectivity index (χ1v) is 7.67. The molecule has 2 aromatic rings. The van der Waals surface area contributed by atoms with Crippen molar-refractivity contribution in [3.8, 4) is 5.75 Å². The minimum Gasteiger partial charge on any atom is -0.496 e. The van der Waals surface area contributed by atoms with E-state index in [9.17, 15) is 8.60 Å². The van der Waals surface area contributed by atoms with Crippen LogP contribution in [0.4, 0.5) is 10.1 Å². The summed E-state index contributed by atoms with van der Waals surface area (Å²) in [5.74, 6) is 0.422. The van der Waals surface area contributed by atoms with Crippen molar-refractivity contribution in [2.75, 3.05) is 12.8 Å². The van der Waals surface area contributed by atoms with Crippen molar-refractivity contribution in [2.45, 2.75) is 24.5 Å². The number of anilines is 1. The fourth-order valence-electron chi connectivity index (χ4n) is 2.14. The predicted molar refractivity (Wildman–Crippen MR) is 81.2 cm³/mol. The molecule has 2 rings (SSSR count). The molecule has 0 saturated carbocycles. The number of ether oxygens (including phenoxy) is 1. The van der Waals surface area contributed by atoms with Crippen LogP contribution in [0.25, 0.3) is 0 Å². The lowest BCUT2D eigenvalue weighted by Crippen LogP contribution is -2.05. The average molecular weight is 308 g/mol. The molecule has 4 nitrogen and oxygen atoms in total. The standard InChI is InChI=1S/C15H17FN2O2S/c1-9-7-18-14(10(2)15(9)20-3)8-21(19)13-5-11(16)4-12(17)6-13/h4-7H,8,17H2,1-3H3. The second-order valence-electron chi connectivity index (χ2n) is 4.76. The minimum absolute atomic E-state index is 0.186. The fourth-order valence-corrected chi connectivity index (χ4v) is 3.36. The number of nitrogen functional groups attached to an aromatic ring is 1. The Bertz CT molecular complexity index is 684. The molecular weight excluding hydrogens is 291 g/mol. The van der Waals surface area contributed by atoms with Gasteiger partial charge in [-0.3, -0.25) is 9.19 Å². The zero-order valence-electron chi connectivity index (χ0n) is 12.1. The molecule has 0 radical (unpaired) electrons. The van der Waals surface area contributed by atoms with E-state index < -0.39 is 16.6 Å². The number of aryl methyl sites for hydroxylation is 1. The molecular formula is C15H17FN2O2S. The van der Waals surface area contributed by atoms with Gasteiger partial charge in [0, 0.05) is 27.9 Å². The van der Waals surface area contributed by atoms with Gasteiger partial charge >= 0.3 is 0 Å². The molecule has 1 aromatic heterocycles. The van der Waals surface area contributed by atoms with Gasteiger partial charge in [-0.05, 0) is 32.0 Å². The summed E-state index contributed by atoms with van der Waals surface area (Å²) < 4.78 is 31.0. The number of nitrogens with zero attached hydrogens (tertiary/aromatic N) is 1. The van der Waals surface area contributed by atoms with Crippen LogP contribution in [-0.2, 0) is 16.6 Å². The molecule has 0 spiro atoms. The molecule has 0 aliphatic heterocycles. The lowest BCUT2D eigenvalue weighted by Gasteiger charge is -2.12. The lowest BCUT2D eigenvalue weighted by atomic mass is 10.1. The molecule has 0 aliphatic rings. The van der Waals surface area contributed by atoms with Crippen LogP contribution < -0.4 is 10.5 Å². The second-order valence-corrected chi connectivity index (χ2v) is 6.21. The Morgan fingerprint density at radius 2 is 2.05 bits per heavy atom. The van der Waals surface area contributed by atoms with Crippen LogP contribution >= 0.6 is 0 Å². The van der Waals surface area contributed by atoms with E-state index >= 15 is 0 Å². The van der Waals surface area contributed by atoms with Gasteiger partial charge in [0.15, 0.2) is 0 Å². The van der Waals surface area contributed by atoms with E-state index in [1.165, 1.54) is 18.2 Å². The Labute approximate surface area is 125 Å². The van der Waals surface area contributed by atoms with Crippen LogP contribution in [-0.4, -0.2) is 16.3 Å². The summed E-state index contributed by atoms with van der Waals surface area (Å²) in [6, 6.07) is 3.94. The number of aromatic nitrogens is 1. The predicted octanol–water partition coefficient (Wildman–Crippen LogP) is 2.74. The SMILES string of the molecule is COc1c(C)cnc(CS(=O)c2cc(N)cc(F)c2)c1C. The van der Waals surface area contributed by atoms with E-state index in [4.69, 9.17) is 10.5 Å². The van der Waals surface area contributed by atoms with Crippen molar-refractivity contribution in [1.82, 2.24) is 4.98 Å². The molecule has 2 N–H and O–H groups in total. The molecule has 1 aromatic carbocycles. The van der Waals surface area contributed by atoms with Gasteiger partial charge in [-0.25, -0.2) is 4.39 Å². The van der Waals surface area contributed by atoms with Crippen molar-refractivity contribution in [1.29, 1.82) is 0 Å². The number of benzene rings is 1. The van der Waals surface area contributed by atoms with Crippen LogP contribution in [0.5, 0.6) is 5.75 Å². The van der Waals surface area contributed by atoms with Gasteiger partial charge in [0.05, 0.1) is 29.4 Å². The van der Waals surface area contributed by atoms with Gasteiger partial charge in [0.25, 0.3) is 0 Å². The molecule has 1 heterocycles. The number of rotatable bonds is 4. The molecule has 0 bridgehead atoms.